The molecular formula is C17H21F2N3O. The minimum atomic E-state index is -0.581. The van der Waals surface area contributed by atoms with E-state index in [1.165, 1.54) is 18.2 Å². The van der Waals surface area contributed by atoms with Crippen molar-refractivity contribution in [3.63, 3.8) is 0 Å². The van der Waals surface area contributed by atoms with Gasteiger partial charge >= 0.3 is 0 Å². The Bertz CT molecular complexity index is 633. The minimum Gasteiger partial charge on any atom is -0.381 e. The highest BCUT2D eigenvalue weighted by Crippen LogP contribution is 2.28. The van der Waals surface area contributed by atoms with E-state index in [9.17, 15) is 8.78 Å². The molecule has 0 aliphatic carbocycles. The summed E-state index contributed by atoms with van der Waals surface area (Å²) in [6.45, 7) is 3.16. The van der Waals surface area contributed by atoms with Crippen LogP contribution in [-0.2, 0) is 11.3 Å². The van der Waals surface area contributed by atoms with Crippen molar-refractivity contribution in [3.05, 3.63) is 41.6 Å². The summed E-state index contributed by atoms with van der Waals surface area (Å²) in [5, 5.41) is 6.71. The highest BCUT2D eigenvalue weighted by atomic mass is 19.1. The summed E-state index contributed by atoms with van der Waals surface area (Å²) >= 11 is 0. The molecule has 0 bridgehead atoms. The maximum atomic E-state index is 14.0. The van der Waals surface area contributed by atoms with Crippen LogP contribution in [0.4, 0.5) is 8.78 Å². The molecule has 0 amide bonds. The van der Waals surface area contributed by atoms with Crippen molar-refractivity contribution in [2.24, 2.45) is 5.92 Å². The highest BCUT2D eigenvalue weighted by Gasteiger charge is 2.20. The third kappa shape index (κ3) is 3.76. The van der Waals surface area contributed by atoms with Gasteiger partial charge in [-0.15, -0.1) is 0 Å². The lowest BCUT2D eigenvalue weighted by molar-refractivity contribution is 0.0550. The number of hydrogen-bond donors (Lipinski definition) is 1. The zero-order valence-electron chi connectivity index (χ0n) is 13.2. The molecule has 1 saturated heterocycles. The molecule has 3 rings (SSSR count). The summed E-state index contributed by atoms with van der Waals surface area (Å²) in [6.07, 6.45) is 3.76. The number of rotatable bonds is 5. The molecule has 1 fully saturated rings. The van der Waals surface area contributed by atoms with Crippen molar-refractivity contribution in [1.82, 2.24) is 15.1 Å². The molecule has 2 heterocycles. The van der Waals surface area contributed by atoms with E-state index >= 15 is 0 Å². The molecule has 1 aliphatic rings. The molecule has 1 N–H and O–H groups in total. The Morgan fingerprint density at radius 2 is 1.96 bits per heavy atom. The number of halogens is 2. The molecule has 0 atom stereocenters. The first-order valence-electron chi connectivity index (χ1n) is 7.88. The van der Waals surface area contributed by atoms with E-state index in [-0.39, 0.29) is 5.56 Å². The van der Waals surface area contributed by atoms with E-state index in [2.05, 4.69) is 15.1 Å². The van der Waals surface area contributed by atoms with Crippen LogP contribution < -0.4 is 0 Å². The van der Waals surface area contributed by atoms with Gasteiger partial charge in [-0.05, 0) is 37.9 Å². The molecule has 0 spiro atoms. The first-order valence-corrected chi connectivity index (χ1v) is 7.88. The third-order valence-electron chi connectivity index (χ3n) is 4.28. The molecule has 0 unspecified atom stereocenters. The van der Waals surface area contributed by atoms with E-state index in [1.54, 1.807) is 6.20 Å². The minimum absolute atomic E-state index is 0.0422. The van der Waals surface area contributed by atoms with Crippen molar-refractivity contribution < 1.29 is 13.5 Å². The van der Waals surface area contributed by atoms with E-state index in [0.717, 1.165) is 38.2 Å². The van der Waals surface area contributed by atoms with Crippen LogP contribution in [-0.4, -0.2) is 41.9 Å². The van der Waals surface area contributed by atoms with E-state index in [0.29, 0.717) is 18.2 Å². The second-order valence-corrected chi connectivity index (χ2v) is 6.12. The van der Waals surface area contributed by atoms with Crippen molar-refractivity contribution >= 4 is 0 Å². The molecule has 1 aromatic heterocycles. The normalized spacial score (nSPS) is 16.2. The Hall–Kier alpha value is -1.79. The number of nitrogens with one attached hydrogen (secondary N) is 1. The average molecular weight is 321 g/mol. The predicted octanol–water partition coefficient (Wildman–Crippen LogP) is 3.21. The van der Waals surface area contributed by atoms with E-state index in [1.807, 2.05) is 7.05 Å². The summed E-state index contributed by atoms with van der Waals surface area (Å²) in [4.78, 5) is 2.17. The fourth-order valence-corrected chi connectivity index (χ4v) is 3.11. The zero-order chi connectivity index (χ0) is 16.2. The van der Waals surface area contributed by atoms with E-state index < -0.39 is 11.6 Å². The lowest BCUT2D eigenvalue weighted by Crippen LogP contribution is -2.29. The molecule has 1 aliphatic heterocycles. The summed E-state index contributed by atoms with van der Waals surface area (Å²) in [5.41, 5.74) is 1.17. The molecule has 0 saturated carbocycles. The van der Waals surface area contributed by atoms with Crippen molar-refractivity contribution in [2.45, 2.75) is 19.4 Å². The van der Waals surface area contributed by atoms with Crippen LogP contribution in [0.3, 0.4) is 0 Å². The number of aromatic amines is 1. The van der Waals surface area contributed by atoms with Crippen LogP contribution in [0.2, 0.25) is 0 Å². The molecule has 23 heavy (non-hydrogen) atoms. The Kier molecular flexibility index (Phi) is 5.03. The van der Waals surface area contributed by atoms with Crippen LogP contribution in [0.15, 0.2) is 24.4 Å². The van der Waals surface area contributed by atoms with Gasteiger partial charge in [-0.2, -0.15) is 5.10 Å². The lowest BCUT2D eigenvalue weighted by Gasteiger charge is -2.27. The zero-order valence-corrected chi connectivity index (χ0v) is 13.2. The Labute approximate surface area is 134 Å². The topological polar surface area (TPSA) is 41.2 Å². The standard InChI is InChI=1S/C17H21F2N3O/c1-22(10-12-5-7-23-8-6-12)11-13-9-20-21-17(13)16-14(18)3-2-4-15(16)19/h2-4,9,12H,5-8,10-11H2,1H3,(H,20,21). The van der Waals surface area contributed by atoms with Gasteiger partial charge in [-0.25, -0.2) is 8.78 Å². The SMILES string of the molecule is CN(Cc1cn[nH]c1-c1c(F)cccc1F)CC1CCOCC1. The van der Waals surface area contributed by atoms with Gasteiger partial charge in [0.25, 0.3) is 0 Å². The van der Waals surface area contributed by atoms with Gasteiger partial charge in [0.15, 0.2) is 0 Å². The second kappa shape index (κ2) is 7.19. The maximum absolute atomic E-state index is 14.0. The lowest BCUT2D eigenvalue weighted by atomic mass is 9.99. The Morgan fingerprint density at radius 1 is 1.26 bits per heavy atom. The summed E-state index contributed by atoms with van der Waals surface area (Å²) in [6, 6.07) is 3.88. The average Bonchev–Trinajstić information content (AvgIpc) is 2.96. The van der Waals surface area contributed by atoms with Gasteiger partial charge in [-0.1, -0.05) is 6.07 Å². The van der Waals surface area contributed by atoms with Crippen LogP contribution in [0, 0.1) is 17.6 Å². The quantitative estimate of drug-likeness (QED) is 0.919. The number of ether oxygens (including phenoxy) is 1. The number of benzene rings is 1. The smallest absolute Gasteiger partial charge is 0.135 e. The predicted molar refractivity (Wildman–Crippen MR) is 83.8 cm³/mol. The molecule has 4 nitrogen and oxygen atoms in total. The monoisotopic (exact) mass is 321 g/mol. The number of H-pyrrole nitrogens is 1. The first-order chi connectivity index (χ1) is 11.1. The van der Waals surface area contributed by atoms with Crippen molar-refractivity contribution in [3.8, 4) is 11.3 Å². The van der Waals surface area contributed by atoms with Crippen LogP contribution in [0.5, 0.6) is 0 Å². The third-order valence-corrected chi connectivity index (χ3v) is 4.28. The van der Waals surface area contributed by atoms with Gasteiger partial charge in [-0.3, -0.25) is 5.10 Å². The number of nitrogens with zero attached hydrogens (tertiary/aromatic N) is 2. The molecular weight excluding hydrogens is 300 g/mol. The Morgan fingerprint density at radius 3 is 2.65 bits per heavy atom. The van der Waals surface area contributed by atoms with Crippen LogP contribution in [0.25, 0.3) is 11.3 Å². The second-order valence-electron chi connectivity index (χ2n) is 6.12. The molecule has 0 radical (unpaired) electrons. The van der Waals surface area contributed by atoms with Crippen LogP contribution >= 0.6 is 0 Å². The van der Waals surface area contributed by atoms with Gasteiger partial charge in [0.2, 0.25) is 0 Å². The first kappa shape index (κ1) is 16.1. The van der Waals surface area contributed by atoms with Gasteiger partial charge < -0.3 is 9.64 Å². The van der Waals surface area contributed by atoms with Crippen LogP contribution in [0.1, 0.15) is 18.4 Å². The summed E-state index contributed by atoms with van der Waals surface area (Å²) in [7, 11) is 2.02. The highest BCUT2D eigenvalue weighted by molar-refractivity contribution is 5.64. The summed E-state index contributed by atoms with van der Waals surface area (Å²) in [5.74, 6) is -0.556. The van der Waals surface area contributed by atoms with Gasteiger partial charge in [0, 0.05) is 31.9 Å². The fraction of sp³-hybridized carbons (Fsp3) is 0.471. The molecule has 6 heteroatoms. The fourth-order valence-electron chi connectivity index (χ4n) is 3.11. The maximum Gasteiger partial charge on any atom is 0.135 e. The summed E-state index contributed by atoms with van der Waals surface area (Å²) < 4.78 is 33.4. The van der Waals surface area contributed by atoms with Gasteiger partial charge in [0.05, 0.1) is 17.5 Å². The number of aromatic nitrogens is 2. The van der Waals surface area contributed by atoms with E-state index in [4.69, 9.17) is 4.74 Å². The van der Waals surface area contributed by atoms with Gasteiger partial charge in [0.1, 0.15) is 11.6 Å². The number of hydrogen-bond acceptors (Lipinski definition) is 3. The molecule has 1 aromatic carbocycles. The van der Waals surface area contributed by atoms with Crippen molar-refractivity contribution in [2.75, 3.05) is 26.8 Å². The molecule has 124 valence electrons. The largest absolute Gasteiger partial charge is 0.381 e. The molecule has 2 aromatic rings. The van der Waals surface area contributed by atoms with Crippen molar-refractivity contribution in [1.29, 1.82) is 0 Å². The Balaban J connectivity index is 1.73.